The van der Waals surface area contributed by atoms with E-state index in [1.807, 2.05) is 0 Å². The van der Waals surface area contributed by atoms with Gasteiger partial charge in [0.25, 0.3) is 0 Å². The number of hydrogen-bond donors (Lipinski definition) is 2. The van der Waals surface area contributed by atoms with Gasteiger partial charge in [-0.25, -0.2) is 0 Å². The Labute approximate surface area is 127 Å². The third-order valence-corrected chi connectivity index (χ3v) is 3.76. The maximum Gasteiger partial charge on any atom is 0.416 e. The lowest BCUT2D eigenvalue weighted by Crippen LogP contribution is -3.00. The van der Waals surface area contributed by atoms with Gasteiger partial charge < -0.3 is 27.6 Å². The third kappa shape index (κ3) is 4.49. The highest BCUT2D eigenvalue weighted by Gasteiger charge is 2.33. The molecule has 1 heterocycles. The van der Waals surface area contributed by atoms with Crippen molar-refractivity contribution in [3.8, 4) is 5.75 Å². The highest BCUT2D eigenvalue weighted by Crippen LogP contribution is 2.36. The van der Waals surface area contributed by atoms with Gasteiger partial charge in [0, 0.05) is 12.8 Å². The summed E-state index contributed by atoms with van der Waals surface area (Å²) in [5.41, 5.74) is -0.503. The molecule has 7 heteroatoms. The Kier molecular flexibility index (Phi) is 6.31. The fraction of sp³-hybridized carbons (Fsp3) is 0.571. The van der Waals surface area contributed by atoms with Gasteiger partial charge in [0.15, 0.2) is 0 Å². The third-order valence-electron chi connectivity index (χ3n) is 3.76. The molecule has 120 valence electrons. The summed E-state index contributed by atoms with van der Waals surface area (Å²) in [4.78, 5) is 0. The van der Waals surface area contributed by atoms with E-state index in [0.717, 1.165) is 38.1 Å². The molecule has 1 unspecified atom stereocenters. The quantitative estimate of drug-likeness (QED) is 0.728. The van der Waals surface area contributed by atoms with Gasteiger partial charge in [-0.1, -0.05) is 0 Å². The van der Waals surface area contributed by atoms with E-state index in [-0.39, 0.29) is 29.6 Å². The van der Waals surface area contributed by atoms with Crippen LogP contribution in [-0.4, -0.2) is 25.3 Å². The highest BCUT2D eigenvalue weighted by atomic mass is 35.5. The Morgan fingerprint density at radius 3 is 2.38 bits per heavy atom. The van der Waals surface area contributed by atoms with E-state index in [1.165, 1.54) is 13.2 Å². The number of rotatable bonds is 3. The van der Waals surface area contributed by atoms with Crippen LogP contribution >= 0.6 is 0 Å². The van der Waals surface area contributed by atoms with Crippen LogP contribution in [0.15, 0.2) is 18.2 Å². The van der Waals surface area contributed by atoms with Gasteiger partial charge in [-0.3, -0.25) is 0 Å². The SMILES string of the molecule is COc1cc(C(O)C2CC[NH2+]CC2)cc(C(F)(F)F)c1.[Cl-]. The summed E-state index contributed by atoms with van der Waals surface area (Å²) in [5.74, 6) is 0.129. The van der Waals surface area contributed by atoms with Crippen molar-refractivity contribution in [1.29, 1.82) is 0 Å². The number of aliphatic hydroxyl groups is 1. The summed E-state index contributed by atoms with van der Waals surface area (Å²) < 4.78 is 43.5. The Balaban J connectivity index is 0.00000220. The number of quaternary nitrogens is 1. The number of ether oxygens (including phenoxy) is 1. The Bertz CT molecular complexity index is 462. The molecule has 1 aromatic carbocycles. The molecule has 1 saturated heterocycles. The number of hydrogen-bond acceptors (Lipinski definition) is 2. The molecule has 1 fully saturated rings. The first-order valence-corrected chi connectivity index (χ1v) is 6.67. The van der Waals surface area contributed by atoms with Crippen molar-refractivity contribution in [2.45, 2.75) is 25.1 Å². The van der Waals surface area contributed by atoms with E-state index in [1.54, 1.807) is 0 Å². The maximum absolute atomic E-state index is 12.8. The zero-order valence-corrected chi connectivity index (χ0v) is 12.4. The number of nitrogens with two attached hydrogens (primary N) is 1. The molecule has 0 amide bonds. The summed E-state index contributed by atoms with van der Waals surface area (Å²) in [6.45, 7) is 1.80. The van der Waals surface area contributed by atoms with Crippen LogP contribution < -0.4 is 22.5 Å². The molecule has 0 aromatic heterocycles. The van der Waals surface area contributed by atoms with Gasteiger partial charge >= 0.3 is 6.18 Å². The van der Waals surface area contributed by atoms with Crippen molar-refractivity contribution in [2.24, 2.45) is 5.92 Å². The molecule has 1 aliphatic heterocycles. The smallest absolute Gasteiger partial charge is 0.416 e. The first-order chi connectivity index (χ1) is 9.41. The minimum Gasteiger partial charge on any atom is -1.00 e. The first-order valence-electron chi connectivity index (χ1n) is 6.67. The van der Waals surface area contributed by atoms with Crippen molar-refractivity contribution >= 4 is 0 Å². The van der Waals surface area contributed by atoms with Crippen molar-refractivity contribution in [1.82, 2.24) is 0 Å². The molecule has 0 saturated carbocycles. The highest BCUT2D eigenvalue weighted by molar-refractivity contribution is 5.37. The van der Waals surface area contributed by atoms with Crippen LogP contribution in [0.1, 0.15) is 30.1 Å². The number of aliphatic hydroxyl groups excluding tert-OH is 1. The zero-order chi connectivity index (χ0) is 14.8. The van der Waals surface area contributed by atoms with Crippen LogP contribution in [0, 0.1) is 5.92 Å². The van der Waals surface area contributed by atoms with Gasteiger partial charge in [-0.15, -0.1) is 0 Å². The largest absolute Gasteiger partial charge is 1.00 e. The summed E-state index contributed by atoms with van der Waals surface area (Å²) in [6, 6.07) is 3.45. The number of alkyl halides is 3. The van der Waals surface area contributed by atoms with E-state index in [9.17, 15) is 18.3 Å². The molecular formula is C14H19ClF3NO2. The zero-order valence-electron chi connectivity index (χ0n) is 11.7. The normalized spacial score (nSPS) is 18.0. The van der Waals surface area contributed by atoms with Gasteiger partial charge in [-0.2, -0.15) is 13.2 Å². The Hall–Kier alpha value is -0.980. The van der Waals surface area contributed by atoms with Gasteiger partial charge in [-0.05, 0) is 29.7 Å². The molecule has 1 aliphatic rings. The molecule has 3 nitrogen and oxygen atoms in total. The fourth-order valence-electron chi connectivity index (χ4n) is 2.61. The second-order valence-corrected chi connectivity index (χ2v) is 5.14. The van der Waals surface area contributed by atoms with Crippen LogP contribution in [0.3, 0.4) is 0 Å². The van der Waals surface area contributed by atoms with Crippen molar-refractivity contribution in [3.05, 3.63) is 29.3 Å². The van der Waals surface area contributed by atoms with E-state index < -0.39 is 17.8 Å². The second-order valence-electron chi connectivity index (χ2n) is 5.14. The Morgan fingerprint density at radius 2 is 1.86 bits per heavy atom. The van der Waals surface area contributed by atoms with Crippen molar-refractivity contribution < 1.29 is 40.7 Å². The Morgan fingerprint density at radius 1 is 1.24 bits per heavy atom. The first kappa shape index (κ1) is 18.1. The number of benzene rings is 1. The molecule has 0 spiro atoms. The molecular weight excluding hydrogens is 307 g/mol. The lowest BCUT2D eigenvalue weighted by molar-refractivity contribution is -0.665. The predicted octanol–water partition coefficient (Wildman–Crippen LogP) is -1.28. The van der Waals surface area contributed by atoms with E-state index in [2.05, 4.69) is 5.32 Å². The van der Waals surface area contributed by atoms with E-state index in [0.29, 0.717) is 0 Å². The fourth-order valence-corrected chi connectivity index (χ4v) is 2.61. The molecule has 21 heavy (non-hydrogen) atoms. The minimum atomic E-state index is -4.44. The summed E-state index contributed by atoms with van der Waals surface area (Å²) in [7, 11) is 1.32. The lowest BCUT2D eigenvalue weighted by Gasteiger charge is -2.26. The van der Waals surface area contributed by atoms with Gasteiger partial charge in [0.2, 0.25) is 0 Å². The summed E-state index contributed by atoms with van der Waals surface area (Å²) in [5, 5.41) is 12.5. The van der Waals surface area contributed by atoms with E-state index >= 15 is 0 Å². The van der Waals surface area contributed by atoms with E-state index in [4.69, 9.17) is 4.74 Å². The average Bonchev–Trinajstić information content (AvgIpc) is 2.46. The molecule has 0 aliphatic carbocycles. The van der Waals surface area contributed by atoms with Gasteiger partial charge in [0.1, 0.15) is 5.75 Å². The number of halogens is 4. The molecule has 1 atom stereocenters. The van der Waals surface area contributed by atoms with Crippen molar-refractivity contribution in [2.75, 3.05) is 20.2 Å². The maximum atomic E-state index is 12.8. The molecule has 1 aromatic rings. The molecule has 0 radical (unpaired) electrons. The lowest BCUT2D eigenvalue weighted by atomic mass is 9.87. The molecule has 0 bridgehead atoms. The minimum absolute atomic E-state index is 0. The van der Waals surface area contributed by atoms with Crippen molar-refractivity contribution in [3.63, 3.8) is 0 Å². The van der Waals surface area contributed by atoms with Crippen LogP contribution in [0.5, 0.6) is 5.75 Å². The van der Waals surface area contributed by atoms with Crippen LogP contribution in [-0.2, 0) is 6.18 Å². The standard InChI is InChI=1S/C14H18F3NO2.ClH/c1-20-12-7-10(6-11(8-12)14(15,16)17)13(19)9-2-4-18-5-3-9;/h6-9,13,18-19H,2-5H2,1H3;1H. The van der Waals surface area contributed by atoms with Gasteiger partial charge in [0.05, 0.1) is 31.9 Å². The van der Waals surface area contributed by atoms with Crippen LogP contribution in [0.4, 0.5) is 13.2 Å². The average molecular weight is 326 g/mol. The monoisotopic (exact) mass is 325 g/mol. The summed E-state index contributed by atoms with van der Waals surface area (Å²) >= 11 is 0. The number of piperidine rings is 1. The summed E-state index contributed by atoms with van der Waals surface area (Å²) in [6.07, 6.45) is -3.71. The van der Waals surface area contributed by atoms with Crippen LogP contribution in [0.25, 0.3) is 0 Å². The molecule has 2 rings (SSSR count). The topological polar surface area (TPSA) is 46.1 Å². The predicted molar refractivity (Wildman–Crippen MR) is 67.3 cm³/mol. The van der Waals surface area contributed by atoms with Crippen LogP contribution in [0.2, 0.25) is 0 Å². The second kappa shape index (κ2) is 7.33. The number of methoxy groups -OCH3 is 1. The molecule has 3 N–H and O–H groups in total.